The Morgan fingerprint density at radius 1 is 1.06 bits per heavy atom. The number of hydrogen-bond acceptors (Lipinski definition) is 4. The largest absolute Gasteiger partial charge is 0.488 e. The lowest BCUT2D eigenvalue weighted by atomic mass is 10.1. The molecule has 0 spiro atoms. The topological polar surface area (TPSA) is 56.5 Å². The van der Waals surface area contributed by atoms with E-state index >= 15 is 0 Å². The molecule has 0 bridgehead atoms. The Hall–Kier alpha value is -2.19. The second-order valence-corrected chi connectivity index (χ2v) is 10.7. The number of halogens is 4. The van der Waals surface area contributed by atoms with Gasteiger partial charge in [0.05, 0.1) is 27.2 Å². The van der Waals surface area contributed by atoms with Crippen molar-refractivity contribution in [1.29, 1.82) is 0 Å². The lowest BCUT2D eigenvalue weighted by molar-refractivity contribution is 0.305. The maximum Gasteiger partial charge on any atom is 0.282 e. The van der Waals surface area contributed by atoms with Crippen LogP contribution in [0.4, 0.5) is 0 Å². The molecule has 0 aliphatic rings. The van der Waals surface area contributed by atoms with Crippen molar-refractivity contribution in [3.05, 3.63) is 101 Å². The van der Waals surface area contributed by atoms with Crippen LogP contribution in [0.5, 0.6) is 5.75 Å². The number of nitrogens with zero attached hydrogens (tertiary/aromatic N) is 3. The van der Waals surface area contributed by atoms with Crippen molar-refractivity contribution >= 4 is 72.2 Å². The quantitative estimate of drug-likeness (QED) is 0.192. The molecule has 180 valence electrons. The Labute approximate surface area is 230 Å². The molecule has 0 N–H and O–H groups in total. The van der Waals surface area contributed by atoms with Crippen LogP contribution < -0.4 is 10.3 Å². The van der Waals surface area contributed by atoms with E-state index in [1.54, 1.807) is 24.4 Å². The van der Waals surface area contributed by atoms with Crippen LogP contribution in [-0.2, 0) is 6.61 Å². The summed E-state index contributed by atoms with van der Waals surface area (Å²) in [4.78, 5) is 18.1. The zero-order chi connectivity index (χ0) is 25.1. The maximum atomic E-state index is 13.4. The molecular formula is C26H21Br2Cl2N3O2. The molecule has 0 unspecified atom stereocenters. The third kappa shape index (κ3) is 5.97. The van der Waals surface area contributed by atoms with Crippen LogP contribution >= 0.6 is 55.1 Å². The monoisotopic (exact) mass is 635 g/mol. The normalized spacial score (nSPS) is 12.4. The van der Waals surface area contributed by atoms with Crippen molar-refractivity contribution in [2.75, 3.05) is 0 Å². The highest BCUT2D eigenvalue weighted by atomic mass is 79.9. The van der Waals surface area contributed by atoms with Gasteiger partial charge >= 0.3 is 0 Å². The van der Waals surface area contributed by atoms with Gasteiger partial charge in [0.2, 0.25) is 0 Å². The van der Waals surface area contributed by atoms with Crippen molar-refractivity contribution in [2.45, 2.75) is 32.8 Å². The maximum absolute atomic E-state index is 13.4. The van der Waals surface area contributed by atoms with E-state index in [0.29, 0.717) is 44.7 Å². The molecule has 1 atom stereocenters. The molecule has 0 aliphatic carbocycles. The van der Waals surface area contributed by atoms with Crippen LogP contribution in [0.25, 0.3) is 10.9 Å². The molecule has 4 rings (SSSR count). The average molecular weight is 638 g/mol. The van der Waals surface area contributed by atoms with Crippen LogP contribution in [0.3, 0.4) is 0 Å². The van der Waals surface area contributed by atoms with E-state index in [1.165, 1.54) is 4.68 Å². The van der Waals surface area contributed by atoms with E-state index in [2.05, 4.69) is 43.9 Å². The molecule has 0 saturated carbocycles. The Morgan fingerprint density at radius 2 is 1.80 bits per heavy atom. The van der Waals surface area contributed by atoms with Gasteiger partial charge in [-0.25, -0.2) is 4.98 Å². The first-order valence-corrected chi connectivity index (χ1v) is 13.2. The van der Waals surface area contributed by atoms with Gasteiger partial charge in [0.1, 0.15) is 18.2 Å². The molecule has 1 aromatic heterocycles. The Bertz CT molecular complexity index is 1490. The average Bonchev–Trinajstić information content (AvgIpc) is 2.84. The Morgan fingerprint density at radius 3 is 2.54 bits per heavy atom. The first kappa shape index (κ1) is 25.9. The van der Waals surface area contributed by atoms with Gasteiger partial charge in [0.25, 0.3) is 5.56 Å². The molecule has 1 heterocycles. The predicted molar refractivity (Wildman–Crippen MR) is 150 cm³/mol. The number of hydrogen-bond donors (Lipinski definition) is 0. The molecule has 0 saturated heterocycles. The van der Waals surface area contributed by atoms with Gasteiger partial charge in [-0.15, -0.1) is 0 Å². The van der Waals surface area contributed by atoms with Gasteiger partial charge in [-0.3, -0.25) is 4.79 Å². The summed E-state index contributed by atoms with van der Waals surface area (Å²) in [5, 5.41) is 6.02. The van der Waals surface area contributed by atoms with E-state index in [0.717, 1.165) is 20.9 Å². The highest BCUT2D eigenvalue weighted by molar-refractivity contribution is 9.10. The Kier molecular flexibility index (Phi) is 8.32. The first-order chi connectivity index (χ1) is 16.8. The standard InChI is InChI=1S/C26H21Br2Cl2N3O2/c1-3-15(2)25-32-23-8-5-19(28)12-20(23)26(34)33(25)31-13-17-11-18(27)6-9-24(17)35-14-16-4-7-21(29)22(30)10-16/h4-13,15H,3,14H2,1-2H3/t15-/m1/s1. The van der Waals surface area contributed by atoms with Crippen molar-refractivity contribution < 1.29 is 4.74 Å². The third-order valence-electron chi connectivity index (χ3n) is 5.55. The fourth-order valence-corrected chi connectivity index (χ4v) is 4.50. The number of ether oxygens (including phenoxy) is 1. The minimum atomic E-state index is -0.226. The number of benzene rings is 3. The number of fused-ring (bicyclic) bond motifs is 1. The summed E-state index contributed by atoms with van der Waals surface area (Å²) in [7, 11) is 0. The van der Waals surface area contributed by atoms with Gasteiger partial charge in [-0.2, -0.15) is 9.78 Å². The first-order valence-electron chi connectivity index (χ1n) is 10.9. The fourth-order valence-electron chi connectivity index (χ4n) is 3.44. The molecule has 4 aromatic rings. The minimum absolute atomic E-state index is 0.0424. The number of rotatable bonds is 7. The highest BCUT2D eigenvalue weighted by Crippen LogP contribution is 2.26. The van der Waals surface area contributed by atoms with E-state index in [9.17, 15) is 4.79 Å². The third-order valence-corrected chi connectivity index (χ3v) is 7.27. The van der Waals surface area contributed by atoms with Gasteiger partial charge in [-0.05, 0) is 60.5 Å². The molecule has 0 amide bonds. The van der Waals surface area contributed by atoms with E-state index in [4.69, 9.17) is 32.9 Å². The van der Waals surface area contributed by atoms with E-state index < -0.39 is 0 Å². The van der Waals surface area contributed by atoms with E-state index in [-0.39, 0.29) is 11.5 Å². The van der Waals surface area contributed by atoms with Crippen LogP contribution in [0.15, 0.2) is 73.4 Å². The SMILES string of the molecule is CC[C@@H](C)c1nc2ccc(Br)cc2c(=O)n1N=Cc1cc(Br)ccc1OCc1ccc(Cl)c(Cl)c1. The summed E-state index contributed by atoms with van der Waals surface area (Å²) in [6, 6.07) is 16.5. The minimum Gasteiger partial charge on any atom is -0.488 e. The number of aromatic nitrogens is 2. The lowest BCUT2D eigenvalue weighted by Gasteiger charge is -2.14. The van der Waals surface area contributed by atoms with Crippen molar-refractivity contribution in [1.82, 2.24) is 9.66 Å². The van der Waals surface area contributed by atoms with Crippen molar-refractivity contribution in [3.63, 3.8) is 0 Å². The van der Waals surface area contributed by atoms with Gasteiger partial charge < -0.3 is 4.74 Å². The second kappa shape index (κ2) is 11.2. The molecular weight excluding hydrogens is 617 g/mol. The zero-order valence-electron chi connectivity index (χ0n) is 18.9. The molecule has 3 aromatic carbocycles. The molecule has 5 nitrogen and oxygen atoms in total. The van der Waals surface area contributed by atoms with Gasteiger partial charge in [-0.1, -0.05) is 75.0 Å². The molecule has 9 heteroatoms. The fraction of sp³-hybridized carbons (Fsp3) is 0.192. The predicted octanol–water partition coefficient (Wildman–Crippen LogP) is 8.20. The van der Waals surface area contributed by atoms with Gasteiger partial charge in [0, 0.05) is 20.4 Å². The van der Waals surface area contributed by atoms with Gasteiger partial charge in [0.15, 0.2) is 0 Å². The summed E-state index contributed by atoms with van der Waals surface area (Å²) in [5.41, 5.74) is 2.00. The van der Waals surface area contributed by atoms with Crippen LogP contribution in [0, 0.1) is 0 Å². The molecule has 0 fully saturated rings. The van der Waals surface area contributed by atoms with Crippen molar-refractivity contribution in [3.8, 4) is 5.75 Å². The van der Waals surface area contributed by atoms with Crippen LogP contribution in [0.1, 0.15) is 43.1 Å². The van der Waals surface area contributed by atoms with Crippen molar-refractivity contribution in [2.24, 2.45) is 5.10 Å². The molecule has 0 radical (unpaired) electrons. The summed E-state index contributed by atoms with van der Waals surface area (Å²) in [6.45, 7) is 4.38. The zero-order valence-corrected chi connectivity index (χ0v) is 23.6. The second-order valence-electron chi connectivity index (χ2n) is 8.02. The Balaban J connectivity index is 1.73. The lowest BCUT2D eigenvalue weighted by Crippen LogP contribution is -2.23. The molecule has 0 aliphatic heterocycles. The summed E-state index contributed by atoms with van der Waals surface area (Å²) in [6.07, 6.45) is 2.44. The van der Waals surface area contributed by atoms with Crippen LogP contribution in [0.2, 0.25) is 10.0 Å². The van der Waals surface area contributed by atoms with Crippen LogP contribution in [-0.4, -0.2) is 15.9 Å². The highest BCUT2D eigenvalue weighted by Gasteiger charge is 2.16. The summed E-state index contributed by atoms with van der Waals surface area (Å²) < 4.78 is 9.10. The smallest absolute Gasteiger partial charge is 0.282 e. The molecule has 35 heavy (non-hydrogen) atoms. The van der Waals surface area contributed by atoms with E-state index in [1.807, 2.05) is 43.3 Å². The summed E-state index contributed by atoms with van der Waals surface area (Å²) in [5.74, 6) is 1.26. The summed E-state index contributed by atoms with van der Waals surface area (Å²) >= 11 is 19.1.